The van der Waals surface area contributed by atoms with Gasteiger partial charge in [-0.15, -0.1) is 0 Å². The van der Waals surface area contributed by atoms with Crippen molar-refractivity contribution in [2.45, 2.75) is 83.4 Å². The smallest absolute Gasteiger partial charge is 0.408 e. The van der Waals surface area contributed by atoms with Crippen LogP contribution in [0.15, 0.2) is 0 Å². The van der Waals surface area contributed by atoms with E-state index in [4.69, 9.17) is 14.2 Å². The zero-order chi connectivity index (χ0) is 20.3. The van der Waals surface area contributed by atoms with Crippen molar-refractivity contribution in [2.75, 3.05) is 6.54 Å². The minimum Gasteiger partial charge on any atom is -0.444 e. The number of rotatable bonds is 3. The lowest BCUT2D eigenvalue weighted by molar-refractivity contribution is -0.244. The molecule has 10 nitrogen and oxygen atoms in total. The van der Waals surface area contributed by atoms with E-state index >= 15 is 0 Å². The Morgan fingerprint density at radius 1 is 0.923 bits per heavy atom. The molecule has 1 heterocycles. The van der Waals surface area contributed by atoms with E-state index in [0.717, 1.165) is 0 Å². The van der Waals surface area contributed by atoms with Gasteiger partial charge >= 0.3 is 12.2 Å². The van der Waals surface area contributed by atoms with Crippen LogP contribution in [0.1, 0.15) is 41.5 Å². The number of aliphatic hydroxyl groups excluding tert-OH is 3. The van der Waals surface area contributed by atoms with Crippen LogP contribution in [-0.2, 0) is 14.2 Å². The number of amides is 2. The molecule has 1 aliphatic rings. The molecular formula is C16H30N2O8. The number of aliphatic hydroxyl groups is 3. The van der Waals surface area contributed by atoms with Gasteiger partial charge in [-0.05, 0) is 41.5 Å². The van der Waals surface area contributed by atoms with Gasteiger partial charge < -0.3 is 40.2 Å². The predicted molar refractivity (Wildman–Crippen MR) is 90.3 cm³/mol. The van der Waals surface area contributed by atoms with Gasteiger partial charge in [0.2, 0.25) is 0 Å². The van der Waals surface area contributed by atoms with Crippen LogP contribution in [0.5, 0.6) is 0 Å². The monoisotopic (exact) mass is 378 g/mol. The lowest BCUT2D eigenvalue weighted by atomic mass is 9.97. The summed E-state index contributed by atoms with van der Waals surface area (Å²) < 4.78 is 15.3. The maximum atomic E-state index is 11.8. The third-order valence-electron chi connectivity index (χ3n) is 3.25. The van der Waals surface area contributed by atoms with Crippen LogP contribution in [0.3, 0.4) is 0 Å². The highest BCUT2D eigenvalue weighted by Gasteiger charge is 2.45. The largest absolute Gasteiger partial charge is 0.444 e. The molecule has 1 saturated heterocycles. The molecule has 2 amide bonds. The van der Waals surface area contributed by atoms with Crippen molar-refractivity contribution in [3.63, 3.8) is 0 Å². The average molecular weight is 378 g/mol. The Hall–Kier alpha value is -1.62. The van der Waals surface area contributed by atoms with Crippen molar-refractivity contribution < 1.29 is 39.1 Å². The van der Waals surface area contributed by atoms with Gasteiger partial charge in [0.15, 0.2) is 6.29 Å². The van der Waals surface area contributed by atoms with E-state index in [2.05, 4.69) is 10.6 Å². The molecule has 0 saturated carbocycles. The first-order valence-electron chi connectivity index (χ1n) is 8.35. The Morgan fingerprint density at radius 2 is 1.42 bits per heavy atom. The number of hydrogen-bond donors (Lipinski definition) is 5. The van der Waals surface area contributed by atoms with Gasteiger partial charge in [0.1, 0.15) is 35.6 Å². The van der Waals surface area contributed by atoms with E-state index < -0.39 is 54.0 Å². The summed E-state index contributed by atoms with van der Waals surface area (Å²) in [6, 6.07) is -1.29. The zero-order valence-corrected chi connectivity index (χ0v) is 16.0. The fourth-order valence-electron chi connectivity index (χ4n) is 2.21. The summed E-state index contributed by atoms with van der Waals surface area (Å²) in [7, 11) is 0. The molecule has 0 aliphatic carbocycles. The quantitative estimate of drug-likeness (QED) is 0.455. The van der Waals surface area contributed by atoms with Gasteiger partial charge in [0, 0.05) is 6.54 Å². The van der Waals surface area contributed by atoms with Crippen molar-refractivity contribution >= 4 is 12.2 Å². The fourth-order valence-corrected chi connectivity index (χ4v) is 2.21. The molecule has 0 aromatic rings. The lowest BCUT2D eigenvalue weighted by Crippen LogP contribution is -2.65. The van der Waals surface area contributed by atoms with Crippen LogP contribution in [0.25, 0.3) is 0 Å². The third kappa shape index (κ3) is 7.32. The van der Waals surface area contributed by atoms with E-state index in [-0.39, 0.29) is 6.54 Å². The molecule has 0 radical (unpaired) electrons. The highest BCUT2D eigenvalue weighted by atomic mass is 16.6. The topological polar surface area (TPSA) is 147 Å². The number of alkyl carbamates (subject to hydrolysis) is 2. The number of ether oxygens (including phenoxy) is 3. The first-order chi connectivity index (χ1) is 11.7. The summed E-state index contributed by atoms with van der Waals surface area (Å²) in [4.78, 5) is 23.4. The van der Waals surface area contributed by atoms with E-state index in [1.807, 2.05) is 0 Å². The van der Waals surface area contributed by atoms with Gasteiger partial charge in [-0.1, -0.05) is 0 Å². The summed E-state index contributed by atoms with van der Waals surface area (Å²) in [5.41, 5.74) is -1.47. The molecule has 1 fully saturated rings. The second-order valence-corrected chi connectivity index (χ2v) is 8.10. The van der Waals surface area contributed by atoms with Crippen molar-refractivity contribution in [3.05, 3.63) is 0 Å². The predicted octanol–water partition coefficient (Wildman–Crippen LogP) is -0.157. The second-order valence-electron chi connectivity index (χ2n) is 8.10. The molecule has 152 valence electrons. The molecule has 0 aromatic carbocycles. The van der Waals surface area contributed by atoms with Gasteiger partial charge in [0.05, 0.1) is 0 Å². The Kier molecular flexibility index (Phi) is 7.23. The van der Waals surface area contributed by atoms with E-state index in [0.29, 0.717) is 0 Å². The molecule has 0 spiro atoms. The molecular weight excluding hydrogens is 348 g/mol. The second kappa shape index (κ2) is 8.38. The van der Waals surface area contributed by atoms with Crippen LogP contribution in [-0.4, -0.2) is 75.9 Å². The Balaban J connectivity index is 2.60. The molecule has 3 unspecified atom stereocenters. The zero-order valence-electron chi connectivity index (χ0n) is 16.0. The third-order valence-corrected chi connectivity index (χ3v) is 3.25. The molecule has 0 aromatic heterocycles. The van der Waals surface area contributed by atoms with Crippen LogP contribution in [0, 0.1) is 0 Å². The molecule has 5 atom stereocenters. The molecule has 1 aliphatic heterocycles. The van der Waals surface area contributed by atoms with Gasteiger partial charge in [-0.25, -0.2) is 9.59 Å². The van der Waals surface area contributed by atoms with Gasteiger partial charge in [-0.2, -0.15) is 0 Å². The van der Waals surface area contributed by atoms with Crippen molar-refractivity contribution in [1.29, 1.82) is 0 Å². The molecule has 1 rings (SSSR count). The standard InChI is InChI=1S/C16H30N2O8/c1-15(2,3)25-13(22)17-7-8-10(19)11(20)9(12(21)24-8)18-14(23)26-16(4,5)6/h8-12,19-21H,7H2,1-6H3,(H,17,22)(H,18,23)/t8?,9?,10-,11?,12+/m1/s1. The SMILES string of the molecule is CC(C)(C)OC(=O)NCC1O[C@H](O)C(NC(=O)OC(C)(C)C)C(O)[C@@H]1O. The van der Waals surface area contributed by atoms with Crippen molar-refractivity contribution in [2.24, 2.45) is 0 Å². The number of carbonyl (C=O) groups is 2. The minimum absolute atomic E-state index is 0.205. The summed E-state index contributed by atoms with van der Waals surface area (Å²) in [5.74, 6) is 0. The minimum atomic E-state index is -1.61. The highest BCUT2D eigenvalue weighted by molar-refractivity contribution is 5.68. The van der Waals surface area contributed by atoms with Gasteiger partial charge in [-0.3, -0.25) is 0 Å². The molecule has 5 N–H and O–H groups in total. The Morgan fingerprint density at radius 3 is 1.92 bits per heavy atom. The Labute approximate surface area is 152 Å². The van der Waals surface area contributed by atoms with Crippen LogP contribution in [0.2, 0.25) is 0 Å². The van der Waals surface area contributed by atoms with E-state index in [1.54, 1.807) is 41.5 Å². The summed E-state index contributed by atoms with van der Waals surface area (Å²) in [6.07, 6.45) is -7.30. The average Bonchev–Trinajstić information content (AvgIpc) is 2.42. The Bertz CT molecular complexity index is 497. The van der Waals surface area contributed by atoms with Crippen LogP contribution < -0.4 is 10.6 Å². The van der Waals surface area contributed by atoms with Gasteiger partial charge in [0.25, 0.3) is 0 Å². The highest BCUT2D eigenvalue weighted by Crippen LogP contribution is 2.20. The number of nitrogens with one attached hydrogen (secondary N) is 2. The van der Waals surface area contributed by atoms with Crippen LogP contribution >= 0.6 is 0 Å². The molecule has 10 heteroatoms. The number of carbonyl (C=O) groups excluding carboxylic acids is 2. The van der Waals surface area contributed by atoms with Crippen molar-refractivity contribution in [1.82, 2.24) is 10.6 Å². The molecule has 26 heavy (non-hydrogen) atoms. The normalized spacial score (nSPS) is 29.7. The van der Waals surface area contributed by atoms with E-state index in [1.165, 1.54) is 0 Å². The lowest BCUT2D eigenvalue weighted by Gasteiger charge is -2.41. The summed E-state index contributed by atoms with van der Waals surface area (Å²) >= 11 is 0. The maximum absolute atomic E-state index is 11.8. The van der Waals surface area contributed by atoms with E-state index in [9.17, 15) is 24.9 Å². The van der Waals surface area contributed by atoms with Crippen molar-refractivity contribution in [3.8, 4) is 0 Å². The number of hydrogen-bond acceptors (Lipinski definition) is 8. The first kappa shape index (κ1) is 22.4. The fraction of sp³-hybridized carbons (Fsp3) is 0.875. The summed E-state index contributed by atoms with van der Waals surface area (Å²) in [6.45, 7) is 9.85. The molecule has 0 bridgehead atoms. The maximum Gasteiger partial charge on any atom is 0.408 e. The summed E-state index contributed by atoms with van der Waals surface area (Å²) in [5, 5.41) is 35.0. The van der Waals surface area contributed by atoms with Crippen LogP contribution in [0.4, 0.5) is 9.59 Å². The first-order valence-corrected chi connectivity index (χ1v) is 8.35.